The number of hydrogen-bond acceptors (Lipinski definition) is 3. The Kier molecular flexibility index (Phi) is 3.39. The first-order chi connectivity index (χ1) is 10.0. The third-order valence-electron chi connectivity index (χ3n) is 3.37. The van der Waals surface area contributed by atoms with Crippen molar-refractivity contribution >= 4 is 28.7 Å². The van der Waals surface area contributed by atoms with Gasteiger partial charge in [-0.05, 0) is 48.9 Å². The standard InChI is InChI=1S/C16H12ClNO3/c1-9(16(19)20)11-4-7-13-14(8-11)21-15(18-13)10-2-5-12(17)6-3-10/h2-9H,1H3,(H,19,20)/t9-/m0/s1. The minimum absolute atomic E-state index is 0.488. The molecule has 1 N–H and O–H groups in total. The number of aliphatic carboxylic acids is 1. The van der Waals surface area contributed by atoms with E-state index in [0.29, 0.717) is 27.6 Å². The summed E-state index contributed by atoms with van der Waals surface area (Å²) in [4.78, 5) is 15.4. The predicted molar refractivity (Wildman–Crippen MR) is 80.5 cm³/mol. The molecule has 5 heteroatoms. The zero-order chi connectivity index (χ0) is 15.0. The molecule has 106 valence electrons. The van der Waals surface area contributed by atoms with Gasteiger partial charge in [0, 0.05) is 10.6 Å². The Hall–Kier alpha value is -2.33. The monoisotopic (exact) mass is 301 g/mol. The zero-order valence-electron chi connectivity index (χ0n) is 11.2. The van der Waals surface area contributed by atoms with E-state index < -0.39 is 11.9 Å². The minimum Gasteiger partial charge on any atom is -0.481 e. The smallest absolute Gasteiger partial charge is 0.310 e. The summed E-state index contributed by atoms with van der Waals surface area (Å²) in [5, 5.41) is 9.70. The summed E-state index contributed by atoms with van der Waals surface area (Å²) in [6, 6.07) is 12.4. The van der Waals surface area contributed by atoms with E-state index in [4.69, 9.17) is 21.1 Å². The summed E-state index contributed by atoms with van der Waals surface area (Å²) in [5.74, 6) is -0.966. The van der Waals surface area contributed by atoms with Crippen molar-refractivity contribution in [2.24, 2.45) is 0 Å². The molecule has 0 bridgehead atoms. The van der Waals surface area contributed by atoms with Crippen LogP contribution in [0.4, 0.5) is 0 Å². The second kappa shape index (κ2) is 5.22. The van der Waals surface area contributed by atoms with E-state index in [-0.39, 0.29) is 0 Å². The van der Waals surface area contributed by atoms with E-state index >= 15 is 0 Å². The third-order valence-corrected chi connectivity index (χ3v) is 3.63. The van der Waals surface area contributed by atoms with Gasteiger partial charge in [0.15, 0.2) is 5.58 Å². The quantitative estimate of drug-likeness (QED) is 0.781. The van der Waals surface area contributed by atoms with Crippen LogP contribution in [0.2, 0.25) is 5.02 Å². The number of fused-ring (bicyclic) bond motifs is 1. The molecule has 0 unspecified atom stereocenters. The van der Waals surface area contributed by atoms with Crippen LogP contribution >= 0.6 is 11.6 Å². The number of oxazole rings is 1. The third kappa shape index (κ3) is 2.62. The fourth-order valence-electron chi connectivity index (χ4n) is 2.07. The number of aromatic nitrogens is 1. The molecule has 0 aliphatic heterocycles. The normalized spacial score (nSPS) is 12.5. The summed E-state index contributed by atoms with van der Waals surface area (Å²) >= 11 is 5.86. The highest BCUT2D eigenvalue weighted by Crippen LogP contribution is 2.27. The van der Waals surface area contributed by atoms with Crippen LogP contribution in [0.5, 0.6) is 0 Å². The molecule has 0 fully saturated rings. The Balaban J connectivity index is 2.04. The Morgan fingerprint density at radius 2 is 1.95 bits per heavy atom. The summed E-state index contributed by atoms with van der Waals surface area (Å²) in [6.45, 7) is 1.64. The van der Waals surface area contributed by atoms with Crippen molar-refractivity contribution < 1.29 is 14.3 Å². The summed E-state index contributed by atoms with van der Waals surface area (Å²) < 4.78 is 5.72. The van der Waals surface area contributed by atoms with Gasteiger partial charge >= 0.3 is 5.97 Å². The summed E-state index contributed by atoms with van der Waals surface area (Å²) in [6.07, 6.45) is 0. The second-order valence-corrected chi connectivity index (χ2v) is 5.25. The lowest BCUT2D eigenvalue weighted by molar-refractivity contribution is -0.138. The van der Waals surface area contributed by atoms with Crippen LogP contribution in [0.3, 0.4) is 0 Å². The van der Waals surface area contributed by atoms with E-state index in [0.717, 1.165) is 5.56 Å². The molecule has 1 atom stereocenters. The molecular formula is C16H12ClNO3. The van der Waals surface area contributed by atoms with Gasteiger partial charge in [0.05, 0.1) is 5.92 Å². The van der Waals surface area contributed by atoms with Crippen LogP contribution in [0, 0.1) is 0 Å². The molecule has 0 aliphatic rings. The first kappa shape index (κ1) is 13.6. The number of carbonyl (C=O) groups is 1. The summed E-state index contributed by atoms with van der Waals surface area (Å²) in [7, 11) is 0. The molecule has 0 saturated heterocycles. The largest absolute Gasteiger partial charge is 0.481 e. The van der Waals surface area contributed by atoms with Crippen molar-refractivity contribution in [3.8, 4) is 11.5 Å². The number of rotatable bonds is 3. The van der Waals surface area contributed by atoms with Crippen LogP contribution in [0.1, 0.15) is 18.4 Å². The highest BCUT2D eigenvalue weighted by atomic mass is 35.5. The second-order valence-electron chi connectivity index (χ2n) is 4.81. The van der Waals surface area contributed by atoms with Crippen LogP contribution in [0.15, 0.2) is 46.9 Å². The van der Waals surface area contributed by atoms with Gasteiger partial charge in [0.2, 0.25) is 5.89 Å². The summed E-state index contributed by atoms with van der Waals surface area (Å²) in [5.41, 5.74) is 2.78. The highest BCUT2D eigenvalue weighted by Gasteiger charge is 2.16. The Bertz CT molecular complexity index is 808. The van der Waals surface area contributed by atoms with E-state index in [2.05, 4.69) is 4.98 Å². The van der Waals surface area contributed by atoms with Crippen molar-refractivity contribution in [2.75, 3.05) is 0 Å². The van der Waals surface area contributed by atoms with Gasteiger partial charge in [-0.25, -0.2) is 4.98 Å². The Morgan fingerprint density at radius 3 is 2.62 bits per heavy atom. The van der Waals surface area contributed by atoms with Crippen LogP contribution in [0.25, 0.3) is 22.6 Å². The van der Waals surface area contributed by atoms with Crippen molar-refractivity contribution in [1.29, 1.82) is 0 Å². The maximum Gasteiger partial charge on any atom is 0.310 e. The number of halogens is 1. The van der Waals surface area contributed by atoms with Gasteiger partial charge in [0.25, 0.3) is 0 Å². The van der Waals surface area contributed by atoms with Gasteiger partial charge in [-0.1, -0.05) is 17.7 Å². The molecule has 4 nitrogen and oxygen atoms in total. The number of carboxylic acid groups (broad SMARTS) is 1. The van der Waals surface area contributed by atoms with Gasteiger partial charge in [-0.2, -0.15) is 0 Å². The van der Waals surface area contributed by atoms with Crippen molar-refractivity contribution in [2.45, 2.75) is 12.8 Å². The average Bonchev–Trinajstić information content (AvgIpc) is 2.89. The first-order valence-corrected chi connectivity index (χ1v) is 6.81. The lowest BCUT2D eigenvalue weighted by Gasteiger charge is -2.04. The molecule has 0 radical (unpaired) electrons. The molecule has 21 heavy (non-hydrogen) atoms. The number of nitrogens with zero attached hydrogens (tertiary/aromatic N) is 1. The molecular weight excluding hydrogens is 290 g/mol. The fourth-order valence-corrected chi connectivity index (χ4v) is 2.20. The fraction of sp³-hybridized carbons (Fsp3) is 0.125. The molecule has 0 amide bonds. The SMILES string of the molecule is C[C@H](C(=O)O)c1ccc2nc(-c3ccc(Cl)cc3)oc2c1. The predicted octanol–water partition coefficient (Wildman–Crippen LogP) is 4.34. The number of benzene rings is 2. The molecule has 0 spiro atoms. The van der Waals surface area contributed by atoms with Crippen LogP contribution in [-0.4, -0.2) is 16.1 Å². The molecule has 1 heterocycles. The number of hydrogen-bond donors (Lipinski definition) is 1. The molecule has 1 aromatic heterocycles. The topological polar surface area (TPSA) is 63.3 Å². The average molecular weight is 302 g/mol. The lowest BCUT2D eigenvalue weighted by atomic mass is 10.0. The molecule has 2 aromatic carbocycles. The molecule has 3 aromatic rings. The highest BCUT2D eigenvalue weighted by molar-refractivity contribution is 6.30. The van der Waals surface area contributed by atoms with Crippen LogP contribution in [-0.2, 0) is 4.79 Å². The maximum atomic E-state index is 11.0. The van der Waals surface area contributed by atoms with E-state index in [1.165, 1.54) is 0 Å². The van der Waals surface area contributed by atoms with Crippen molar-refractivity contribution in [3.63, 3.8) is 0 Å². The Labute approximate surface area is 126 Å². The van der Waals surface area contributed by atoms with Gasteiger partial charge < -0.3 is 9.52 Å². The van der Waals surface area contributed by atoms with E-state index in [1.54, 1.807) is 37.3 Å². The van der Waals surface area contributed by atoms with Crippen molar-refractivity contribution in [3.05, 3.63) is 53.1 Å². The van der Waals surface area contributed by atoms with Gasteiger partial charge in [-0.3, -0.25) is 4.79 Å². The molecule has 0 saturated carbocycles. The van der Waals surface area contributed by atoms with E-state index in [1.807, 2.05) is 12.1 Å². The molecule has 0 aliphatic carbocycles. The first-order valence-electron chi connectivity index (χ1n) is 6.44. The van der Waals surface area contributed by atoms with Crippen molar-refractivity contribution in [1.82, 2.24) is 4.98 Å². The zero-order valence-corrected chi connectivity index (χ0v) is 12.0. The van der Waals surface area contributed by atoms with Crippen LogP contribution < -0.4 is 0 Å². The Morgan fingerprint density at radius 1 is 1.24 bits per heavy atom. The van der Waals surface area contributed by atoms with Gasteiger partial charge in [0.1, 0.15) is 5.52 Å². The van der Waals surface area contributed by atoms with E-state index in [9.17, 15) is 4.79 Å². The maximum absolute atomic E-state index is 11.0. The van der Waals surface area contributed by atoms with Gasteiger partial charge in [-0.15, -0.1) is 0 Å². The molecule has 3 rings (SSSR count). The number of carboxylic acids is 1. The minimum atomic E-state index is -0.869. The lowest BCUT2D eigenvalue weighted by Crippen LogP contribution is -2.06.